The quantitative estimate of drug-likeness (QED) is 0.737. The smallest absolute Gasteiger partial charge is 0.169 e. The molecule has 0 unspecified atom stereocenters. The lowest BCUT2D eigenvalue weighted by Crippen LogP contribution is -2.54. The summed E-state index contributed by atoms with van der Waals surface area (Å²) in [7, 11) is 0. The summed E-state index contributed by atoms with van der Waals surface area (Å²) in [5.74, 6) is 1.85. The van der Waals surface area contributed by atoms with Crippen molar-refractivity contribution < 1.29 is 4.74 Å². The molecule has 5 atom stereocenters. The molecule has 0 aromatic rings. The van der Waals surface area contributed by atoms with E-state index < -0.39 is 0 Å². The average Bonchev–Trinajstić information content (AvgIpc) is 2.89. The Morgan fingerprint density at radius 2 is 1.89 bits per heavy atom. The Labute approximate surface area is 115 Å². The Bertz CT molecular complexity index is 326. The molecule has 3 rings (SSSR count). The summed E-state index contributed by atoms with van der Waals surface area (Å²) in [6, 6.07) is 0.643. The van der Waals surface area contributed by atoms with E-state index in [4.69, 9.17) is 17.0 Å². The maximum Gasteiger partial charge on any atom is 0.169 e. The Hall–Kier alpha value is -0.350. The highest BCUT2D eigenvalue weighted by Gasteiger charge is 2.40. The number of nitrogens with one attached hydrogen (secondary N) is 1. The Kier molecular flexibility index (Phi) is 3.50. The van der Waals surface area contributed by atoms with Crippen molar-refractivity contribution in [2.75, 3.05) is 13.1 Å². The molecule has 1 saturated heterocycles. The van der Waals surface area contributed by atoms with Crippen LogP contribution in [-0.2, 0) is 4.74 Å². The molecule has 2 aliphatic carbocycles. The molecule has 0 radical (unpaired) electrons. The van der Waals surface area contributed by atoms with E-state index in [1.165, 1.54) is 25.7 Å². The standard InChI is InChI=1S/C14H24N2OS/c1-9-7-16(8-10(2)17-9)14(18)15-13-6-11-3-4-12(13)5-11/h9-13H,3-8H2,1-2H3,(H,15,18)/t9-,10+,11-,12-,13+/m1/s1. The van der Waals surface area contributed by atoms with E-state index in [0.717, 1.165) is 30.0 Å². The fourth-order valence-corrected chi connectivity index (χ4v) is 4.32. The summed E-state index contributed by atoms with van der Waals surface area (Å²) in [6.45, 7) is 6.11. The summed E-state index contributed by atoms with van der Waals surface area (Å²) in [5, 5.41) is 4.58. The van der Waals surface area contributed by atoms with Crippen LogP contribution in [0.25, 0.3) is 0 Å². The Balaban J connectivity index is 1.55. The summed E-state index contributed by atoms with van der Waals surface area (Å²) >= 11 is 5.59. The van der Waals surface area contributed by atoms with Gasteiger partial charge >= 0.3 is 0 Å². The van der Waals surface area contributed by atoms with E-state index in [2.05, 4.69) is 24.1 Å². The second-order valence-corrected chi connectivity index (χ2v) is 6.78. The molecule has 2 bridgehead atoms. The first kappa shape index (κ1) is 12.7. The van der Waals surface area contributed by atoms with Gasteiger partial charge in [-0.15, -0.1) is 0 Å². The molecule has 2 saturated carbocycles. The third-order valence-electron chi connectivity index (χ3n) is 4.75. The molecule has 0 aromatic carbocycles. The van der Waals surface area contributed by atoms with Gasteiger partial charge in [-0.25, -0.2) is 0 Å². The van der Waals surface area contributed by atoms with Crippen LogP contribution in [0.2, 0.25) is 0 Å². The molecular formula is C14H24N2OS. The molecule has 0 spiro atoms. The molecule has 3 aliphatic rings. The van der Waals surface area contributed by atoms with Crippen LogP contribution in [0.1, 0.15) is 39.5 Å². The fraction of sp³-hybridized carbons (Fsp3) is 0.929. The Morgan fingerprint density at radius 3 is 2.44 bits per heavy atom. The summed E-state index contributed by atoms with van der Waals surface area (Å²) in [6.07, 6.45) is 6.18. The number of thiocarbonyl (C=S) groups is 1. The molecule has 102 valence electrons. The SMILES string of the molecule is C[C@@H]1CN(C(=S)N[C@H]2C[C@@H]3CC[C@@H]2C3)C[C@H](C)O1. The molecule has 0 aromatic heterocycles. The number of hydrogen-bond donors (Lipinski definition) is 1. The highest BCUT2D eigenvalue weighted by atomic mass is 32.1. The van der Waals surface area contributed by atoms with Gasteiger partial charge in [0.2, 0.25) is 0 Å². The minimum atomic E-state index is 0.286. The fourth-order valence-electron chi connectivity index (χ4n) is 4.02. The topological polar surface area (TPSA) is 24.5 Å². The molecule has 1 aliphatic heterocycles. The van der Waals surface area contributed by atoms with Gasteiger partial charge < -0.3 is 15.0 Å². The zero-order valence-electron chi connectivity index (χ0n) is 11.4. The molecule has 1 N–H and O–H groups in total. The number of nitrogens with zero attached hydrogens (tertiary/aromatic N) is 1. The number of ether oxygens (including phenoxy) is 1. The summed E-state index contributed by atoms with van der Waals surface area (Å²) < 4.78 is 5.76. The molecule has 0 amide bonds. The van der Waals surface area contributed by atoms with Gasteiger partial charge in [-0.1, -0.05) is 6.42 Å². The zero-order valence-corrected chi connectivity index (χ0v) is 12.2. The lowest BCUT2D eigenvalue weighted by molar-refractivity contribution is -0.0484. The molecule has 18 heavy (non-hydrogen) atoms. The number of morpholine rings is 1. The monoisotopic (exact) mass is 268 g/mol. The van der Waals surface area contributed by atoms with Crippen LogP contribution in [-0.4, -0.2) is 41.4 Å². The lowest BCUT2D eigenvalue weighted by Gasteiger charge is -2.38. The first-order valence-corrected chi connectivity index (χ1v) is 7.73. The molecule has 3 nitrogen and oxygen atoms in total. The van der Waals surface area contributed by atoms with Crippen LogP contribution in [0.15, 0.2) is 0 Å². The molecule has 1 heterocycles. The average molecular weight is 268 g/mol. The van der Waals surface area contributed by atoms with Gasteiger partial charge in [0.05, 0.1) is 12.2 Å². The van der Waals surface area contributed by atoms with Crippen LogP contribution < -0.4 is 5.32 Å². The van der Waals surface area contributed by atoms with Crippen LogP contribution in [0.3, 0.4) is 0 Å². The van der Waals surface area contributed by atoms with Crippen LogP contribution >= 0.6 is 12.2 Å². The predicted octanol–water partition coefficient (Wildman–Crippen LogP) is 2.16. The van der Waals surface area contributed by atoms with Gasteiger partial charge in [-0.2, -0.15) is 0 Å². The second-order valence-electron chi connectivity index (χ2n) is 6.39. The number of rotatable bonds is 1. The molecule has 4 heteroatoms. The van der Waals surface area contributed by atoms with Crippen LogP contribution in [0.5, 0.6) is 0 Å². The third-order valence-corrected chi connectivity index (χ3v) is 5.13. The van der Waals surface area contributed by atoms with E-state index in [1.807, 2.05) is 0 Å². The van der Waals surface area contributed by atoms with Gasteiger partial charge in [-0.05, 0) is 57.2 Å². The van der Waals surface area contributed by atoms with E-state index in [-0.39, 0.29) is 12.2 Å². The van der Waals surface area contributed by atoms with Gasteiger partial charge in [-0.3, -0.25) is 0 Å². The second kappa shape index (κ2) is 4.97. The summed E-state index contributed by atoms with van der Waals surface area (Å²) in [4.78, 5) is 2.29. The van der Waals surface area contributed by atoms with Gasteiger partial charge in [0.15, 0.2) is 5.11 Å². The maximum atomic E-state index is 5.76. The first-order chi connectivity index (χ1) is 8.61. The van der Waals surface area contributed by atoms with E-state index in [0.29, 0.717) is 6.04 Å². The lowest BCUT2D eigenvalue weighted by atomic mass is 9.95. The number of fused-ring (bicyclic) bond motifs is 2. The van der Waals surface area contributed by atoms with Gasteiger partial charge in [0.1, 0.15) is 0 Å². The maximum absolute atomic E-state index is 5.76. The highest BCUT2D eigenvalue weighted by Crippen LogP contribution is 2.44. The van der Waals surface area contributed by atoms with Crippen LogP contribution in [0, 0.1) is 11.8 Å². The van der Waals surface area contributed by atoms with Crippen molar-refractivity contribution in [1.29, 1.82) is 0 Å². The van der Waals surface area contributed by atoms with Crippen molar-refractivity contribution in [2.24, 2.45) is 11.8 Å². The largest absolute Gasteiger partial charge is 0.372 e. The van der Waals surface area contributed by atoms with Crippen molar-refractivity contribution in [2.45, 2.75) is 57.8 Å². The Morgan fingerprint density at radius 1 is 1.17 bits per heavy atom. The minimum Gasteiger partial charge on any atom is -0.372 e. The molecule has 3 fully saturated rings. The van der Waals surface area contributed by atoms with Crippen molar-refractivity contribution >= 4 is 17.3 Å². The third kappa shape index (κ3) is 2.50. The predicted molar refractivity (Wildman–Crippen MR) is 76.6 cm³/mol. The first-order valence-electron chi connectivity index (χ1n) is 7.32. The van der Waals surface area contributed by atoms with Crippen molar-refractivity contribution in [3.63, 3.8) is 0 Å². The number of hydrogen-bond acceptors (Lipinski definition) is 2. The minimum absolute atomic E-state index is 0.286. The van der Waals surface area contributed by atoms with E-state index >= 15 is 0 Å². The normalized spacial score (nSPS) is 43.2. The van der Waals surface area contributed by atoms with E-state index in [1.54, 1.807) is 0 Å². The van der Waals surface area contributed by atoms with Crippen molar-refractivity contribution in [3.05, 3.63) is 0 Å². The zero-order chi connectivity index (χ0) is 12.7. The highest BCUT2D eigenvalue weighted by molar-refractivity contribution is 7.80. The van der Waals surface area contributed by atoms with Gasteiger partial charge in [0.25, 0.3) is 0 Å². The molecular weight excluding hydrogens is 244 g/mol. The summed E-state index contributed by atoms with van der Waals surface area (Å²) in [5.41, 5.74) is 0. The van der Waals surface area contributed by atoms with Crippen molar-refractivity contribution in [1.82, 2.24) is 10.2 Å². The van der Waals surface area contributed by atoms with Crippen LogP contribution in [0.4, 0.5) is 0 Å². The van der Waals surface area contributed by atoms with E-state index in [9.17, 15) is 0 Å². The van der Waals surface area contributed by atoms with Gasteiger partial charge in [0, 0.05) is 19.1 Å². The van der Waals surface area contributed by atoms with Crippen molar-refractivity contribution in [3.8, 4) is 0 Å².